The van der Waals surface area contributed by atoms with Crippen LogP contribution in [-0.2, 0) is 0 Å². The molecule has 0 heterocycles. The highest BCUT2D eigenvalue weighted by molar-refractivity contribution is 5.82. The summed E-state index contributed by atoms with van der Waals surface area (Å²) in [5.41, 5.74) is 5.48. The van der Waals surface area contributed by atoms with E-state index in [0.717, 1.165) is 12.8 Å². The number of nitrogens with zero attached hydrogens (tertiary/aromatic N) is 1. The maximum Gasteiger partial charge on any atom is 0.142 e. The lowest BCUT2D eigenvalue weighted by molar-refractivity contribution is 0.311. The van der Waals surface area contributed by atoms with Gasteiger partial charge in [0.2, 0.25) is 0 Å². The van der Waals surface area contributed by atoms with E-state index in [1.54, 1.807) is 0 Å². The van der Waals surface area contributed by atoms with E-state index in [1.165, 1.54) is 0 Å². The molecule has 0 aliphatic heterocycles. The SMILES string of the molecule is CCC(CC(C)C)/C(N)=N/O. The fourth-order valence-electron chi connectivity index (χ4n) is 1.15. The molecule has 1 unspecified atom stereocenters. The summed E-state index contributed by atoms with van der Waals surface area (Å²) in [5.74, 6) is 1.20. The molecular formula is C8H18N2O. The van der Waals surface area contributed by atoms with Gasteiger partial charge in [0, 0.05) is 5.92 Å². The Balaban J connectivity index is 3.95. The Labute approximate surface area is 68.3 Å². The average Bonchev–Trinajstić information content (AvgIpc) is 1.98. The molecule has 0 rings (SSSR count). The van der Waals surface area contributed by atoms with E-state index in [2.05, 4.69) is 19.0 Å². The Morgan fingerprint density at radius 2 is 2.09 bits per heavy atom. The first-order valence-electron chi connectivity index (χ1n) is 4.09. The smallest absolute Gasteiger partial charge is 0.142 e. The summed E-state index contributed by atoms with van der Waals surface area (Å²) in [6.45, 7) is 6.31. The Kier molecular flexibility index (Phi) is 4.66. The molecule has 0 bridgehead atoms. The third-order valence-corrected chi connectivity index (χ3v) is 1.78. The first kappa shape index (κ1) is 10.3. The molecule has 0 aliphatic carbocycles. The normalized spacial score (nSPS) is 15.5. The molecule has 0 aromatic carbocycles. The molecule has 11 heavy (non-hydrogen) atoms. The summed E-state index contributed by atoms with van der Waals surface area (Å²) in [5, 5.41) is 11.4. The Morgan fingerprint density at radius 1 is 1.55 bits per heavy atom. The lowest BCUT2D eigenvalue weighted by Gasteiger charge is -2.14. The summed E-state index contributed by atoms with van der Waals surface area (Å²) >= 11 is 0. The van der Waals surface area contributed by atoms with Crippen molar-refractivity contribution in [3.8, 4) is 0 Å². The minimum Gasteiger partial charge on any atom is -0.409 e. The second kappa shape index (κ2) is 4.99. The summed E-state index contributed by atoms with van der Waals surface area (Å²) in [7, 11) is 0. The van der Waals surface area contributed by atoms with Gasteiger partial charge in [-0.1, -0.05) is 25.9 Å². The van der Waals surface area contributed by atoms with E-state index >= 15 is 0 Å². The van der Waals surface area contributed by atoms with Crippen LogP contribution in [0.25, 0.3) is 0 Å². The van der Waals surface area contributed by atoms with Gasteiger partial charge in [-0.15, -0.1) is 0 Å². The van der Waals surface area contributed by atoms with Gasteiger partial charge in [-0.2, -0.15) is 0 Å². The number of hydrogen-bond donors (Lipinski definition) is 2. The minimum absolute atomic E-state index is 0.236. The fraction of sp³-hybridized carbons (Fsp3) is 0.875. The van der Waals surface area contributed by atoms with E-state index in [-0.39, 0.29) is 5.92 Å². The second-order valence-corrected chi connectivity index (χ2v) is 3.26. The molecular weight excluding hydrogens is 140 g/mol. The highest BCUT2D eigenvalue weighted by Crippen LogP contribution is 2.14. The molecule has 66 valence electrons. The number of oxime groups is 1. The lowest BCUT2D eigenvalue weighted by atomic mass is 9.94. The van der Waals surface area contributed by atoms with Crippen molar-refractivity contribution < 1.29 is 5.21 Å². The van der Waals surface area contributed by atoms with Crippen LogP contribution in [0.15, 0.2) is 5.16 Å². The van der Waals surface area contributed by atoms with Crippen LogP contribution in [0.4, 0.5) is 0 Å². The van der Waals surface area contributed by atoms with Crippen LogP contribution in [0.1, 0.15) is 33.6 Å². The van der Waals surface area contributed by atoms with Gasteiger partial charge >= 0.3 is 0 Å². The van der Waals surface area contributed by atoms with Crippen LogP contribution >= 0.6 is 0 Å². The Bertz CT molecular complexity index is 132. The maximum atomic E-state index is 8.41. The number of hydrogen-bond acceptors (Lipinski definition) is 2. The van der Waals surface area contributed by atoms with Crippen molar-refractivity contribution in [3.63, 3.8) is 0 Å². The molecule has 0 fully saturated rings. The van der Waals surface area contributed by atoms with E-state index in [9.17, 15) is 0 Å². The molecule has 3 heteroatoms. The summed E-state index contributed by atoms with van der Waals surface area (Å²) in [6.07, 6.45) is 1.93. The van der Waals surface area contributed by atoms with Crippen molar-refractivity contribution in [3.05, 3.63) is 0 Å². The summed E-state index contributed by atoms with van der Waals surface area (Å²) < 4.78 is 0. The van der Waals surface area contributed by atoms with Crippen LogP contribution in [0.2, 0.25) is 0 Å². The average molecular weight is 158 g/mol. The van der Waals surface area contributed by atoms with E-state index in [4.69, 9.17) is 10.9 Å². The molecule has 0 aromatic heterocycles. The molecule has 0 saturated carbocycles. The van der Waals surface area contributed by atoms with Crippen molar-refractivity contribution in [2.45, 2.75) is 33.6 Å². The van der Waals surface area contributed by atoms with E-state index in [1.807, 2.05) is 6.92 Å². The van der Waals surface area contributed by atoms with Crippen LogP contribution in [0.3, 0.4) is 0 Å². The maximum absolute atomic E-state index is 8.41. The van der Waals surface area contributed by atoms with Gasteiger partial charge < -0.3 is 10.9 Å². The van der Waals surface area contributed by atoms with Crippen molar-refractivity contribution in [2.24, 2.45) is 22.7 Å². The summed E-state index contributed by atoms with van der Waals surface area (Å²) in [6, 6.07) is 0. The van der Waals surface area contributed by atoms with Crippen LogP contribution in [0, 0.1) is 11.8 Å². The lowest BCUT2D eigenvalue weighted by Crippen LogP contribution is -2.24. The zero-order valence-electron chi connectivity index (χ0n) is 7.54. The van der Waals surface area contributed by atoms with Crippen molar-refractivity contribution >= 4 is 5.84 Å². The molecule has 0 aliphatic rings. The van der Waals surface area contributed by atoms with Gasteiger partial charge in [-0.05, 0) is 18.8 Å². The molecule has 1 atom stereocenters. The fourth-order valence-corrected chi connectivity index (χ4v) is 1.15. The first-order chi connectivity index (χ1) is 5.11. The largest absolute Gasteiger partial charge is 0.409 e. The minimum atomic E-state index is 0.236. The Morgan fingerprint density at radius 3 is 2.36 bits per heavy atom. The molecule has 3 nitrogen and oxygen atoms in total. The van der Waals surface area contributed by atoms with Gasteiger partial charge in [0.05, 0.1) is 0 Å². The van der Waals surface area contributed by atoms with Crippen molar-refractivity contribution in [1.82, 2.24) is 0 Å². The predicted molar refractivity (Wildman–Crippen MR) is 46.6 cm³/mol. The molecule has 0 aromatic rings. The Hall–Kier alpha value is -0.730. The number of nitrogens with two attached hydrogens (primary N) is 1. The molecule has 0 amide bonds. The van der Waals surface area contributed by atoms with Crippen LogP contribution < -0.4 is 5.73 Å². The molecule has 3 N–H and O–H groups in total. The third kappa shape index (κ3) is 3.86. The van der Waals surface area contributed by atoms with Gasteiger partial charge in [0.1, 0.15) is 5.84 Å². The van der Waals surface area contributed by atoms with Crippen molar-refractivity contribution in [1.29, 1.82) is 0 Å². The highest BCUT2D eigenvalue weighted by Gasteiger charge is 2.12. The quantitative estimate of drug-likeness (QED) is 0.284. The van der Waals surface area contributed by atoms with Gasteiger partial charge in [-0.25, -0.2) is 0 Å². The summed E-state index contributed by atoms with van der Waals surface area (Å²) in [4.78, 5) is 0. The van der Waals surface area contributed by atoms with E-state index < -0.39 is 0 Å². The standard InChI is InChI=1S/C8H18N2O/c1-4-7(5-6(2)3)8(9)10-11/h6-7,11H,4-5H2,1-3H3,(H2,9,10). The molecule has 0 radical (unpaired) electrons. The van der Waals surface area contributed by atoms with Crippen LogP contribution in [-0.4, -0.2) is 11.0 Å². The second-order valence-electron chi connectivity index (χ2n) is 3.26. The topological polar surface area (TPSA) is 58.6 Å². The number of amidine groups is 1. The predicted octanol–water partition coefficient (Wildman–Crippen LogP) is 1.81. The van der Waals surface area contributed by atoms with Gasteiger partial charge in [-0.3, -0.25) is 0 Å². The zero-order chi connectivity index (χ0) is 8.85. The number of rotatable bonds is 4. The zero-order valence-corrected chi connectivity index (χ0v) is 7.54. The molecule has 0 saturated heterocycles. The van der Waals surface area contributed by atoms with Crippen LogP contribution in [0.5, 0.6) is 0 Å². The van der Waals surface area contributed by atoms with Gasteiger partial charge in [0.15, 0.2) is 0 Å². The highest BCUT2D eigenvalue weighted by atomic mass is 16.4. The molecule has 0 spiro atoms. The first-order valence-corrected chi connectivity index (χ1v) is 4.09. The van der Waals surface area contributed by atoms with E-state index in [0.29, 0.717) is 11.8 Å². The van der Waals surface area contributed by atoms with Gasteiger partial charge in [0.25, 0.3) is 0 Å². The monoisotopic (exact) mass is 158 g/mol. The van der Waals surface area contributed by atoms with Crippen molar-refractivity contribution in [2.75, 3.05) is 0 Å². The third-order valence-electron chi connectivity index (χ3n) is 1.78.